The lowest BCUT2D eigenvalue weighted by atomic mass is 10.1. The van der Waals surface area contributed by atoms with Gasteiger partial charge in [-0.2, -0.15) is 0 Å². The molecular formula is C7H9F2N3. The fourth-order valence-corrected chi connectivity index (χ4v) is 0.952. The molecule has 0 aliphatic heterocycles. The quantitative estimate of drug-likeness (QED) is 0.360. The Morgan fingerprint density at radius 2 is 2.00 bits per heavy atom. The largest absolute Gasteiger partial charge is 0.398 e. The highest BCUT2D eigenvalue weighted by molar-refractivity contribution is 5.63. The molecule has 0 saturated heterocycles. The molecule has 0 saturated carbocycles. The van der Waals surface area contributed by atoms with E-state index in [4.69, 9.17) is 11.6 Å². The number of hydrogen-bond acceptors (Lipinski definition) is 3. The molecule has 66 valence electrons. The van der Waals surface area contributed by atoms with Crippen LogP contribution in [-0.4, -0.2) is 0 Å². The van der Waals surface area contributed by atoms with Gasteiger partial charge in [0.05, 0.1) is 11.3 Å². The van der Waals surface area contributed by atoms with Gasteiger partial charge >= 0.3 is 0 Å². The van der Waals surface area contributed by atoms with Crippen molar-refractivity contribution < 1.29 is 8.78 Å². The van der Waals surface area contributed by atoms with Crippen LogP contribution in [0.4, 0.5) is 20.2 Å². The van der Waals surface area contributed by atoms with Crippen LogP contribution in [0.5, 0.6) is 0 Å². The van der Waals surface area contributed by atoms with Crippen molar-refractivity contribution in [3.63, 3.8) is 0 Å². The number of hydrazine groups is 1. The van der Waals surface area contributed by atoms with Gasteiger partial charge in [0.15, 0.2) is 0 Å². The van der Waals surface area contributed by atoms with Gasteiger partial charge in [-0.1, -0.05) is 6.07 Å². The highest BCUT2D eigenvalue weighted by Crippen LogP contribution is 2.31. The van der Waals surface area contributed by atoms with Gasteiger partial charge in [-0.3, -0.25) is 5.84 Å². The van der Waals surface area contributed by atoms with Crippen molar-refractivity contribution in [2.24, 2.45) is 5.84 Å². The summed E-state index contributed by atoms with van der Waals surface area (Å²) < 4.78 is 24.6. The first kappa shape index (κ1) is 8.73. The lowest BCUT2D eigenvalue weighted by Gasteiger charge is -2.09. The van der Waals surface area contributed by atoms with Crippen molar-refractivity contribution in [2.45, 2.75) is 6.43 Å². The van der Waals surface area contributed by atoms with Crippen LogP contribution in [0.3, 0.4) is 0 Å². The number of nitrogen functional groups attached to an aromatic ring is 2. The van der Waals surface area contributed by atoms with Crippen molar-refractivity contribution in [3.8, 4) is 0 Å². The molecule has 5 heteroatoms. The van der Waals surface area contributed by atoms with Crippen LogP contribution < -0.4 is 17.0 Å². The minimum atomic E-state index is -2.61. The highest BCUT2D eigenvalue weighted by atomic mass is 19.3. The molecule has 0 aliphatic rings. The Bertz CT molecular complexity index is 275. The number of alkyl halides is 2. The molecule has 0 unspecified atom stereocenters. The SMILES string of the molecule is NNc1cccc(N)c1C(F)F. The third-order valence-corrected chi connectivity index (χ3v) is 1.51. The first-order valence-electron chi connectivity index (χ1n) is 3.30. The van der Waals surface area contributed by atoms with E-state index >= 15 is 0 Å². The summed E-state index contributed by atoms with van der Waals surface area (Å²) in [4.78, 5) is 0. The third kappa shape index (κ3) is 1.45. The number of nitrogens with one attached hydrogen (secondary N) is 1. The van der Waals surface area contributed by atoms with Crippen molar-refractivity contribution in [1.82, 2.24) is 0 Å². The van der Waals surface area contributed by atoms with Gasteiger partial charge in [0, 0.05) is 5.69 Å². The fourth-order valence-electron chi connectivity index (χ4n) is 0.952. The van der Waals surface area contributed by atoms with Crippen LogP contribution in [0, 0.1) is 0 Å². The van der Waals surface area contributed by atoms with Gasteiger partial charge in [-0.25, -0.2) is 8.78 Å². The maximum Gasteiger partial charge on any atom is 0.267 e. The highest BCUT2D eigenvalue weighted by Gasteiger charge is 2.15. The zero-order valence-electron chi connectivity index (χ0n) is 6.22. The van der Waals surface area contributed by atoms with Crippen LogP contribution in [0.25, 0.3) is 0 Å². The van der Waals surface area contributed by atoms with Crippen molar-refractivity contribution in [2.75, 3.05) is 11.2 Å². The summed E-state index contributed by atoms with van der Waals surface area (Å²) in [6.45, 7) is 0. The molecule has 3 nitrogen and oxygen atoms in total. The second-order valence-corrected chi connectivity index (χ2v) is 2.25. The minimum Gasteiger partial charge on any atom is -0.398 e. The summed E-state index contributed by atoms with van der Waals surface area (Å²) in [7, 11) is 0. The summed E-state index contributed by atoms with van der Waals surface area (Å²) in [5.74, 6) is 5.02. The Kier molecular flexibility index (Phi) is 2.44. The van der Waals surface area contributed by atoms with Crippen LogP contribution in [-0.2, 0) is 0 Å². The summed E-state index contributed by atoms with van der Waals surface area (Å²) in [5.41, 5.74) is 7.43. The normalized spacial score (nSPS) is 10.3. The van der Waals surface area contributed by atoms with E-state index in [1.165, 1.54) is 12.1 Å². The molecule has 0 bridgehead atoms. The van der Waals surface area contributed by atoms with E-state index in [0.717, 1.165) is 0 Å². The van der Waals surface area contributed by atoms with Crippen LogP contribution >= 0.6 is 0 Å². The molecule has 0 spiro atoms. The topological polar surface area (TPSA) is 64.1 Å². The second kappa shape index (κ2) is 3.36. The number of nitrogens with two attached hydrogens (primary N) is 2. The molecule has 0 aliphatic carbocycles. The Morgan fingerprint density at radius 3 is 2.42 bits per heavy atom. The predicted octanol–water partition coefficient (Wildman–Crippen LogP) is 1.49. The molecular weight excluding hydrogens is 164 g/mol. The molecule has 1 rings (SSSR count). The third-order valence-electron chi connectivity index (χ3n) is 1.51. The van der Waals surface area contributed by atoms with Crippen LogP contribution in [0.1, 0.15) is 12.0 Å². The second-order valence-electron chi connectivity index (χ2n) is 2.25. The van der Waals surface area contributed by atoms with Crippen LogP contribution in [0.15, 0.2) is 18.2 Å². The molecule has 0 heterocycles. The Hall–Kier alpha value is -1.36. The molecule has 12 heavy (non-hydrogen) atoms. The number of anilines is 2. The Labute approximate surface area is 68.3 Å². The van der Waals surface area contributed by atoms with E-state index in [2.05, 4.69) is 5.43 Å². The van der Waals surface area contributed by atoms with E-state index in [1.807, 2.05) is 0 Å². The molecule has 5 N–H and O–H groups in total. The summed E-state index contributed by atoms with van der Waals surface area (Å²) in [6.07, 6.45) is -2.61. The van der Waals surface area contributed by atoms with Gasteiger partial charge in [-0.05, 0) is 12.1 Å². The smallest absolute Gasteiger partial charge is 0.267 e. The van der Waals surface area contributed by atoms with Crippen molar-refractivity contribution in [3.05, 3.63) is 23.8 Å². The lowest BCUT2D eigenvalue weighted by molar-refractivity contribution is 0.153. The fraction of sp³-hybridized carbons (Fsp3) is 0.143. The van der Waals surface area contributed by atoms with Gasteiger partial charge in [0.25, 0.3) is 6.43 Å². The van der Waals surface area contributed by atoms with Crippen molar-refractivity contribution >= 4 is 11.4 Å². The first-order chi connectivity index (χ1) is 5.66. The standard InChI is InChI=1S/C7H9F2N3/c8-7(9)6-4(10)2-1-3-5(6)12-11/h1-3,7,12H,10-11H2. The zero-order valence-corrected chi connectivity index (χ0v) is 6.22. The van der Waals surface area contributed by atoms with Gasteiger partial charge in [-0.15, -0.1) is 0 Å². The first-order valence-corrected chi connectivity index (χ1v) is 3.30. The van der Waals surface area contributed by atoms with E-state index in [1.54, 1.807) is 6.07 Å². The molecule has 0 atom stereocenters. The maximum atomic E-state index is 12.3. The van der Waals surface area contributed by atoms with E-state index in [9.17, 15) is 8.78 Å². The maximum absolute atomic E-state index is 12.3. The van der Waals surface area contributed by atoms with Gasteiger partial charge in [0.1, 0.15) is 0 Å². The average molecular weight is 173 g/mol. The molecule has 0 amide bonds. The van der Waals surface area contributed by atoms with E-state index < -0.39 is 6.43 Å². The molecule has 0 radical (unpaired) electrons. The van der Waals surface area contributed by atoms with Crippen molar-refractivity contribution in [1.29, 1.82) is 0 Å². The number of hydrogen-bond donors (Lipinski definition) is 3. The molecule has 1 aromatic rings. The molecule has 1 aromatic carbocycles. The Morgan fingerprint density at radius 1 is 1.33 bits per heavy atom. The summed E-state index contributed by atoms with van der Waals surface area (Å²) in [6, 6.07) is 4.40. The summed E-state index contributed by atoms with van der Waals surface area (Å²) >= 11 is 0. The summed E-state index contributed by atoms with van der Waals surface area (Å²) in [5, 5.41) is 0. The number of benzene rings is 1. The average Bonchev–Trinajstić information content (AvgIpc) is 2.03. The monoisotopic (exact) mass is 173 g/mol. The van der Waals surface area contributed by atoms with E-state index in [0.29, 0.717) is 0 Å². The predicted molar refractivity (Wildman–Crippen MR) is 43.6 cm³/mol. The van der Waals surface area contributed by atoms with Gasteiger partial charge in [0.2, 0.25) is 0 Å². The van der Waals surface area contributed by atoms with Gasteiger partial charge < -0.3 is 11.2 Å². The van der Waals surface area contributed by atoms with Crippen LogP contribution in [0.2, 0.25) is 0 Å². The number of halogens is 2. The molecule has 0 fully saturated rings. The lowest BCUT2D eigenvalue weighted by Crippen LogP contribution is -2.10. The minimum absolute atomic E-state index is 0.0421. The Balaban J connectivity index is 3.20. The van der Waals surface area contributed by atoms with E-state index in [-0.39, 0.29) is 16.9 Å². The number of rotatable bonds is 2. The zero-order chi connectivity index (χ0) is 9.14. The molecule has 0 aromatic heterocycles.